The summed E-state index contributed by atoms with van der Waals surface area (Å²) in [5.74, 6) is -0.956. The highest BCUT2D eigenvalue weighted by molar-refractivity contribution is 5.87. The third kappa shape index (κ3) is 8.15. The largest absolute Gasteiger partial charge is 0.469 e. The normalized spacial score (nSPS) is 11.8. The average Bonchev–Trinajstić information content (AvgIpc) is 2.39. The van der Waals surface area contributed by atoms with Crippen LogP contribution in [0.3, 0.4) is 0 Å². The SMILES string of the molecule is COC(=O)CCCNC(=O)CNC(=O)[C@@H](N)C(C)C. The van der Waals surface area contributed by atoms with E-state index in [0.717, 1.165) is 0 Å². The van der Waals surface area contributed by atoms with E-state index in [1.807, 2.05) is 13.8 Å². The van der Waals surface area contributed by atoms with Crippen molar-refractivity contribution in [3.63, 3.8) is 0 Å². The Hall–Kier alpha value is -1.63. The van der Waals surface area contributed by atoms with Crippen LogP contribution in [-0.4, -0.2) is 44.0 Å². The summed E-state index contributed by atoms with van der Waals surface area (Å²) < 4.78 is 4.46. The maximum Gasteiger partial charge on any atom is 0.305 e. The number of carbonyl (C=O) groups is 3. The van der Waals surface area contributed by atoms with Crippen LogP contribution in [-0.2, 0) is 19.1 Å². The maximum absolute atomic E-state index is 11.5. The molecular weight excluding hydrogens is 250 g/mol. The summed E-state index contributed by atoms with van der Waals surface area (Å²) in [7, 11) is 1.31. The van der Waals surface area contributed by atoms with Gasteiger partial charge in [-0.05, 0) is 12.3 Å². The van der Waals surface area contributed by atoms with Gasteiger partial charge in [0.2, 0.25) is 11.8 Å². The van der Waals surface area contributed by atoms with Crippen LogP contribution in [0.5, 0.6) is 0 Å². The van der Waals surface area contributed by atoms with Crippen molar-refractivity contribution in [3.8, 4) is 0 Å². The Morgan fingerprint density at radius 2 is 1.84 bits per heavy atom. The van der Waals surface area contributed by atoms with Crippen molar-refractivity contribution in [2.24, 2.45) is 11.7 Å². The molecule has 7 heteroatoms. The lowest BCUT2D eigenvalue weighted by atomic mass is 10.1. The van der Waals surface area contributed by atoms with Crippen molar-refractivity contribution >= 4 is 17.8 Å². The molecule has 0 aliphatic carbocycles. The molecule has 0 saturated carbocycles. The molecule has 19 heavy (non-hydrogen) atoms. The molecule has 0 aromatic carbocycles. The summed E-state index contributed by atoms with van der Waals surface area (Å²) in [5.41, 5.74) is 5.62. The van der Waals surface area contributed by atoms with Gasteiger partial charge in [0.25, 0.3) is 0 Å². The van der Waals surface area contributed by atoms with Gasteiger partial charge in [-0.25, -0.2) is 0 Å². The first-order valence-electron chi connectivity index (χ1n) is 6.25. The lowest BCUT2D eigenvalue weighted by Gasteiger charge is -2.15. The standard InChI is InChI=1S/C12H23N3O4/c1-8(2)11(13)12(18)15-7-9(16)14-6-4-5-10(17)19-3/h8,11H,4-7,13H2,1-3H3,(H,14,16)(H,15,18)/t11-/m0/s1. The van der Waals surface area contributed by atoms with E-state index in [-0.39, 0.29) is 36.7 Å². The molecule has 7 nitrogen and oxygen atoms in total. The predicted molar refractivity (Wildman–Crippen MR) is 70.1 cm³/mol. The molecule has 0 aliphatic heterocycles. The summed E-state index contributed by atoms with van der Waals surface area (Å²) in [6.07, 6.45) is 0.749. The quantitative estimate of drug-likeness (QED) is 0.394. The molecule has 0 saturated heterocycles. The molecule has 0 aromatic heterocycles. The zero-order valence-electron chi connectivity index (χ0n) is 11.7. The number of ether oxygens (including phenoxy) is 1. The molecule has 0 radical (unpaired) electrons. The third-order valence-electron chi connectivity index (χ3n) is 2.55. The molecule has 2 amide bonds. The van der Waals surface area contributed by atoms with Crippen LogP contribution in [0.15, 0.2) is 0 Å². The number of esters is 1. The summed E-state index contributed by atoms with van der Waals surface area (Å²) in [4.78, 5) is 33.6. The zero-order chi connectivity index (χ0) is 14.8. The van der Waals surface area contributed by atoms with Gasteiger partial charge in [-0.2, -0.15) is 0 Å². The first-order valence-corrected chi connectivity index (χ1v) is 6.25. The number of hydrogen-bond acceptors (Lipinski definition) is 5. The number of amides is 2. The number of nitrogens with one attached hydrogen (secondary N) is 2. The van der Waals surface area contributed by atoms with Gasteiger partial charge in [0.05, 0.1) is 19.7 Å². The van der Waals surface area contributed by atoms with Crippen LogP contribution in [0.4, 0.5) is 0 Å². The van der Waals surface area contributed by atoms with E-state index in [9.17, 15) is 14.4 Å². The van der Waals surface area contributed by atoms with Gasteiger partial charge in [-0.15, -0.1) is 0 Å². The highest BCUT2D eigenvalue weighted by atomic mass is 16.5. The van der Waals surface area contributed by atoms with Gasteiger partial charge in [0, 0.05) is 13.0 Å². The molecule has 0 aromatic rings. The summed E-state index contributed by atoms with van der Waals surface area (Å²) in [6.45, 7) is 3.91. The first kappa shape index (κ1) is 17.4. The van der Waals surface area contributed by atoms with Gasteiger partial charge in [-0.1, -0.05) is 13.8 Å². The number of methoxy groups -OCH3 is 1. The van der Waals surface area contributed by atoms with E-state index >= 15 is 0 Å². The minimum absolute atomic E-state index is 0.0168. The summed E-state index contributed by atoms with van der Waals surface area (Å²) >= 11 is 0. The van der Waals surface area contributed by atoms with E-state index in [0.29, 0.717) is 13.0 Å². The van der Waals surface area contributed by atoms with E-state index in [2.05, 4.69) is 15.4 Å². The lowest BCUT2D eigenvalue weighted by Crippen LogP contribution is -2.47. The van der Waals surface area contributed by atoms with Crippen LogP contribution in [0, 0.1) is 5.92 Å². The third-order valence-corrected chi connectivity index (χ3v) is 2.55. The fourth-order valence-corrected chi connectivity index (χ4v) is 1.21. The molecular formula is C12H23N3O4. The van der Waals surface area contributed by atoms with Gasteiger partial charge in [-0.3, -0.25) is 14.4 Å². The maximum atomic E-state index is 11.5. The number of carbonyl (C=O) groups excluding carboxylic acids is 3. The summed E-state index contributed by atoms with van der Waals surface area (Å²) in [5, 5.41) is 5.04. The van der Waals surface area contributed by atoms with E-state index < -0.39 is 6.04 Å². The van der Waals surface area contributed by atoms with Crippen molar-refractivity contribution in [2.75, 3.05) is 20.2 Å². The molecule has 0 heterocycles. The number of hydrogen-bond donors (Lipinski definition) is 3. The minimum atomic E-state index is -0.618. The molecule has 0 spiro atoms. The van der Waals surface area contributed by atoms with Crippen molar-refractivity contribution in [2.45, 2.75) is 32.7 Å². The van der Waals surface area contributed by atoms with E-state index in [4.69, 9.17) is 5.73 Å². The van der Waals surface area contributed by atoms with Crippen LogP contribution >= 0.6 is 0 Å². The van der Waals surface area contributed by atoms with E-state index in [1.54, 1.807) is 0 Å². The fraction of sp³-hybridized carbons (Fsp3) is 0.750. The van der Waals surface area contributed by atoms with Gasteiger partial charge >= 0.3 is 5.97 Å². The predicted octanol–water partition coefficient (Wildman–Crippen LogP) is -0.845. The Morgan fingerprint density at radius 1 is 1.21 bits per heavy atom. The summed E-state index contributed by atoms with van der Waals surface area (Å²) in [6, 6.07) is -0.618. The Labute approximate surface area is 113 Å². The molecule has 0 bridgehead atoms. The Balaban J connectivity index is 3.70. The average molecular weight is 273 g/mol. The number of nitrogens with two attached hydrogens (primary N) is 1. The second-order valence-electron chi connectivity index (χ2n) is 4.52. The molecule has 1 atom stereocenters. The van der Waals surface area contributed by atoms with Crippen LogP contribution in [0.1, 0.15) is 26.7 Å². The number of rotatable bonds is 8. The monoisotopic (exact) mass is 273 g/mol. The van der Waals surface area contributed by atoms with E-state index in [1.165, 1.54) is 7.11 Å². The topological polar surface area (TPSA) is 111 Å². The zero-order valence-corrected chi connectivity index (χ0v) is 11.7. The highest BCUT2D eigenvalue weighted by Gasteiger charge is 2.17. The fourth-order valence-electron chi connectivity index (χ4n) is 1.21. The first-order chi connectivity index (χ1) is 8.88. The Bertz CT molecular complexity index is 318. The van der Waals surface area contributed by atoms with Crippen molar-refractivity contribution in [3.05, 3.63) is 0 Å². The molecule has 0 aliphatic rings. The Morgan fingerprint density at radius 3 is 2.37 bits per heavy atom. The van der Waals surface area contributed by atoms with Crippen LogP contribution in [0.25, 0.3) is 0 Å². The highest BCUT2D eigenvalue weighted by Crippen LogP contribution is 1.97. The van der Waals surface area contributed by atoms with Crippen molar-refractivity contribution in [1.82, 2.24) is 10.6 Å². The van der Waals surface area contributed by atoms with Crippen molar-refractivity contribution < 1.29 is 19.1 Å². The molecule has 0 fully saturated rings. The molecule has 110 valence electrons. The van der Waals surface area contributed by atoms with Crippen LogP contribution < -0.4 is 16.4 Å². The van der Waals surface area contributed by atoms with Crippen LogP contribution in [0.2, 0.25) is 0 Å². The van der Waals surface area contributed by atoms with Gasteiger partial charge in [0.1, 0.15) is 0 Å². The minimum Gasteiger partial charge on any atom is -0.469 e. The Kier molecular flexibility index (Phi) is 8.52. The molecule has 0 rings (SSSR count). The second kappa shape index (κ2) is 9.32. The lowest BCUT2D eigenvalue weighted by molar-refractivity contribution is -0.140. The van der Waals surface area contributed by atoms with Gasteiger partial charge < -0.3 is 21.1 Å². The smallest absolute Gasteiger partial charge is 0.305 e. The van der Waals surface area contributed by atoms with Gasteiger partial charge in [0.15, 0.2) is 0 Å². The van der Waals surface area contributed by atoms with Crippen molar-refractivity contribution in [1.29, 1.82) is 0 Å². The molecule has 4 N–H and O–H groups in total. The molecule has 0 unspecified atom stereocenters. The second-order valence-corrected chi connectivity index (χ2v) is 4.52.